The van der Waals surface area contributed by atoms with Gasteiger partial charge in [0.1, 0.15) is 16.8 Å². The van der Waals surface area contributed by atoms with Gasteiger partial charge in [0, 0.05) is 11.3 Å². The molecule has 3 rings (SSSR count). The largest absolute Gasteiger partial charge is 0.497 e. The van der Waals surface area contributed by atoms with E-state index in [1.54, 1.807) is 7.11 Å². The molecule has 0 spiro atoms. The summed E-state index contributed by atoms with van der Waals surface area (Å²) in [6, 6.07) is 13.8. The third-order valence-electron chi connectivity index (χ3n) is 5.15. The topological polar surface area (TPSA) is 105 Å². The van der Waals surface area contributed by atoms with Crippen LogP contribution in [0.15, 0.2) is 48.5 Å². The van der Waals surface area contributed by atoms with E-state index in [9.17, 15) is 9.59 Å². The predicted molar refractivity (Wildman–Crippen MR) is 127 cm³/mol. The lowest BCUT2D eigenvalue weighted by Gasteiger charge is -2.23. The SMILES string of the molecule is CCC(C)C(NC(=O)Nc1ccccc1C)C(=O)Nc1nnc(-c2cccc(OC)c2)s1. The molecular weight excluding hydrogens is 426 g/mol. The van der Waals surface area contributed by atoms with Crippen molar-refractivity contribution in [2.45, 2.75) is 33.2 Å². The molecule has 9 heteroatoms. The molecule has 8 nitrogen and oxygen atoms in total. The molecule has 1 aromatic heterocycles. The molecule has 168 valence electrons. The lowest BCUT2D eigenvalue weighted by atomic mass is 9.98. The second kappa shape index (κ2) is 10.7. The van der Waals surface area contributed by atoms with Crippen LogP contribution in [0, 0.1) is 12.8 Å². The van der Waals surface area contributed by atoms with Crippen LogP contribution in [-0.2, 0) is 4.79 Å². The number of benzene rings is 2. The van der Waals surface area contributed by atoms with Gasteiger partial charge in [-0.15, -0.1) is 10.2 Å². The maximum atomic E-state index is 13.0. The number of para-hydroxylation sites is 1. The van der Waals surface area contributed by atoms with Gasteiger partial charge in [0.05, 0.1) is 7.11 Å². The van der Waals surface area contributed by atoms with Crippen molar-refractivity contribution < 1.29 is 14.3 Å². The Morgan fingerprint density at radius 1 is 1.09 bits per heavy atom. The smallest absolute Gasteiger partial charge is 0.319 e. The maximum Gasteiger partial charge on any atom is 0.319 e. The summed E-state index contributed by atoms with van der Waals surface area (Å²) < 4.78 is 5.25. The highest BCUT2D eigenvalue weighted by Crippen LogP contribution is 2.29. The Hall–Kier alpha value is -3.46. The van der Waals surface area contributed by atoms with Gasteiger partial charge in [-0.3, -0.25) is 10.1 Å². The standard InChI is InChI=1S/C23H27N5O3S/c1-5-14(2)19(25-22(30)24-18-12-7-6-9-15(18)3)20(29)26-23-28-27-21(32-23)16-10-8-11-17(13-16)31-4/h6-14,19H,5H2,1-4H3,(H2,24,25,30)(H,26,28,29). The van der Waals surface area contributed by atoms with Crippen LogP contribution in [0.5, 0.6) is 5.75 Å². The molecule has 0 aliphatic heterocycles. The van der Waals surface area contributed by atoms with E-state index in [1.807, 2.05) is 69.3 Å². The molecule has 0 aliphatic carbocycles. The van der Waals surface area contributed by atoms with Crippen molar-refractivity contribution >= 4 is 34.1 Å². The van der Waals surface area contributed by atoms with Crippen molar-refractivity contribution in [3.63, 3.8) is 0 Å². The first-order chi connectivity index (χ1) is 15.4. The van der Waals surface area contributed by atoms with Gasteiger partial charge in [0.15, 0.2) is 0 Å². The fraction of sp³-hybridized carbons (Fsp3) is 0.304. The van der Waals surface area contributed by atoms with Crippen molar-refractivity contribution in [3.8, 4) is 16.3 Å². The minimum absolute atomic E-state index is 0.0802. The van der Waals surface area contributed by atoms with Gasteiger partial charge in [0.25, 0.3) is 0 Å². The fourth-order valence-corrected chi connectivity index (χ4v) is 3.79. The number of urea groups is 1. The van der Waals surface area contributed by atoms with Crippen molar-refractivity contribution in [2.24, 2.45) is 5.92 Å². The van der Waals surface area contributed by atoms with Crippen molar-refractivity contribution in [2.75, 3.05) is 17.7 Å². The minimum Gasteiger partial charge on any atom is -0.497 e. The van der Waals surface area contributed by atoms with Gasteiger partial charge in [0.2, 0.25) is 11.0 Å². The number of carbonyl (C=O) groups is 2. The molecule has 0 radical (unpaired) electrons. The van der Waals surface area contributed by atoms with Gasteiger partial charge in [-0.25, -0.2) is 4.79 Å². The lowest BCUT2D eigenvalue weighted by molar-refractivity contribution is -0.119. The van der Waals surface area contributed by atoms with Crippen molar-refractivity contribution in [1.82, 2.24) is 15.5 Å². The minimum atomic E-state index is -0.729. The highest BCUT2D eigenvalue weighted by molar-refractivity contribution is 7.18. The summed E-state index contributed by atoms with van der Waals surface area (Å²) in [7, 11) is 1.60. The Kier molecular flexibility index (Phi) is 7.77. The summed E-state index contributed by atoms with van der Waals surface area (Å²) in [5.41, 5.74) is 2.48. The summed E-state index contributed by atoms with van der Waals surface area (Å²) >= 11 is 1.26. The summed E-state index contributed by atoms with van der Waals surface area (Å²) in [6.45, 7) is 5.79. The van der Waals surface area contributed by atoms with Gasteiger partial charge in [-0.1, -0.05) is 61.9 Å². The number of hydrogen-bond donors (Lipinski definition) is 3. The zero-order valence-corrected chi connectivity index (χ0v) is 19.3. The van der Waals surface area contributed by atoms with Crippen molar-refractivity contribution in [3.05, 3.63) is 54.1 Å². The van der Waals surface area contributed by atoms with E-state index in [2.05, 4.69) is 26.1 Å². The number of carbonyl (C=O) groups excluding carboxylic acids is 2. The Labute approximate surface area is 191 Å². The first-order valence-electron chi connectivity index (χ1n) is 10.3. The number of nitrogens with one attached hydrogen (secondary N) is 3. The number of methoxy groups -OCH3 is 1. The molecule has 3 N–H and O–H groups in total. The number of nitrogens with zero attached hydrogens (tertiary/aromatic N) is 2. The molecule has 3 aromatic rings. The van der Waals surface area contributed by atoms with Crippen LogP contribution in [0.1, 0.15) is 25.8 Å². The molecule has 2 aromatic carbocycles. The quantitative estimate of drug-likeness (QED) is 0.459. The van der Waals surface area contributed by atoms with E-state index in [4.69, 9.17) is 4.74 Å². The second-order valence-electron chi connectivity index (χ2n) is 7.41. The molecule has 0 aliphatic rings. The molecule has 0 saturated carbocycles. The highest BCUT2D eigenvalue weighted by atomic mass is 32.1. The van der Waals surface area contributed by atoms with Crippen LogP contribution in [0.25, 0.3) is 10.6 Å². The van der Waals surface area contributed by atoms with Gasteiger partial charge in [-0.2, -0.15) is 0 Å². The number of aryl methyl sites for hydroxylation is 1. The van der Waals surface area contributed by atoms with E-state index in [-0.39, 0.29) is 11.8 Å². The molecule has 0 bridgehead atoms. The number of rotatable bonds is 8. The van der Waals surface area contributed by atoms with E-state index >= 15 is 0 Å². The van der Waals surface area contributed by atoms with Gasteiger partial charge >= 0.3 is 6.03 Å². The fourth-order valence-electron chi connectivity index (χ4n) is 3.04. The monoisotopic (exact) mass is 453 g/mol. The highest BCUT2D eigenvalue weighted by Gasteiger charge is 2.27. The normalized spacial score (nSPS) is 12.5. The van der Waals surface area contributed by atoms with Gasteiger partial charge in [-0.05, 0) is 36.6 Å². The molecule has 2 unspecified atom stereocenters. The van der Waals surface area contributed by atoms with E-state index in [0.29, 0.717) is 28.0 Å². The first kappa shape index (κ1) is 23.2. The molecule has 0 fully saturated rings. The molecule has 32 heavy (non-hydrogen) atoms. The van der Waals surface area contributed by atoms with Crippen LogP contribution in [-0.4, -0.2) is 35.3 Å². The number of hydrogen-bond acceptors (Lipinski definition) is 6. The Balaban J connectivity index is 1.69. The molecule has 2 atom stereocenters. The van der Waals surface area contributed by atoms with Crippen LogP contribution in [0.3, 0.4) is 0 Å². The number of ether oxygens (including phenoxy) is 1. The average molecular weight is 454 g/mol. The summed E-state index contributed by atoms with van der Waals surface area (Å²) in [5, 5.41) is 17.7. The maximum absolute atomic E-state index is 13.0. The Morgan fingerprint density at radius 2 is 1.88 bits per heavy atom. The van der Waals surface area contributed by atoms with Crippen LogP contribution >= 0.6 is 11.3 Å². The van der Waals surface area contributed by atoms with Crippen LogP contribution < -0.4 is 20.7 Å². The first-order valence-corrected chi connectivity index (χ1v) is 11.1. The Morgan fingerprint density at radius 3 is 2.59 bits per heavy atom. The third-order valence-corrected chi connectivity index (χ3v) is 6.03. The molecule has 3 amide bonds. The zero-order chi connectivity index (χ0) is 23.1. The van der Waals surface area contributed by atoms with Crippen LogP contribution in [0.2, 0.25) is 0 Å². The van der Waals surface area contributed by atoms with E-state index in [1.165, 1.54) is 11.3 Å². The zero-order valence-electron chi connectivity index (χ0n) is 18.5. The molecular formula is C23H27N5O3S. The number of amides is 3. The van der Waals surface area contributed by atoms with Crippen molar-refractivity contribution in [1.29, 1.82) is 0 Å². The third kappa shape index (κ3) is 5.82. The summed E-state index contributed by atoms with van der Waals surface area (Å²) in [6.07, 6.45) is 0.716. The summed E-state index contributed by atoms with van der Waals surface area (Å²) in [5.74, 6) is 0.292. The van der Waals surface area contributed by atoms with Gasteiger partial charge < -0.3 is 15.4 Å². The lowest BCUT2D eigenvalue weighted by Crippen LogP contribution is -2.49. The number of aromatic nitrogens is 2. The predicted octanol–water partition coefficient (Wildman–Crippen LogP) is 4.70. The average Bonchev–Trinajstić information content (AvgIpc) is 3.27. The van der Waals surface area contributed by atoms with E-state index in [0.717, 1.165) is 11.1 Å². The van der Waals surface area contributed by atoms with E-state index < -0.39 is 12.1 Å². The molecule has 1 heterocycles. The number of anilines is 2. The molecule has 0 saturated heterocycles. The van der Waals surface area contributed by atoms with Crippen LogP contribution in [0.4, 0.5) is 15.6 Å². The summed E-state index contributed by atoms with van der Waals surface area (Å²) in [4.78, 5) is 25.5. The Bertz CT molecular complexity index is 1080. The second-order valence-corrected chi connectivity index (χ2v) is 8.39.